The van der Waals surface area contributed by atoms with Crippen LogP contribution in [0.2, 0.25) is 0 Å². The van der Waals surface area contributed by atoms with E-state index in [1.165, 1.54) is 24.5 Å². The van der Waals surface area contributed by atoms with Gasteiger partial charge < -0.3 is 9.15 Å². The topological polar surface area (TPSA) is 85.6 Å². The Hall–Kier alpha value is -2.38. The largest absolute Gasteiger partial charge is 0.468 e. The van der Waals surface area contributed by atoms with Gasteiger partial charge in [0.25, 0.3) is 0 Å². The van der Waals surface area contributed by atoms with E-state index in [2.05, 4.69) is 4.72 Å². The molecule has 23 heavy (non-hydrogen) atoms. The highest BCUT2D eigenvalue weighted by Gasteiger charge is 2.13. The smallest absolute Gasteiger partial charge is 0.330 e. The molecule has 0 radical (unpaired) electrons. The van der Waals surface area contributed by atoms with Gasteiger partial charge in [0.1, 0.15) is 5.76 Å². The molecule has 0 spiro atoms. The van der Waals surface area contributed by atoms with Crippen LogP contribution in [0.5, 0.6) is 0 Å². The Labute approximate surface area is 134 Å². The van der Waals surface area contributed by atoms with Gasteiger partial charge in [-0.3, -0.25) is 0 Å². The van der Waals surface area contributed by atoms with E-state index in [4.69, 9.17) is 9.15 Å². The lowest BCUT2D eigenvalue weighted by Gasteiger charge is -2.05. The minimum atomic E-state index is -3.62. The van der Waals surface area contributed by atoms with Gasteiger partial charge in [-0.1, -0.05) is 12.1 Å². The van der Waals surface area contributed by atoms with E-state index in [1.54, 1.807) is 37.3 Å². The summed E-state index contributed by atoms with van der Waals surface area (Å²) in [5.74, 6) is 0.0897. The molecule has 0 aliphatic heterocycles. The fourth-order valence-electron chi connectivity index (χ4n) is 1.78. The third-order valence-corrected chi connectivity index (χ3v) is 4.32. The second-order valence-corrected chi connectivity index (χ2v) is 6.33. The number of hydrogen-bond donors (Lipinski definition) is 1. The summed E-state index contributed by atoms with van der Waals surface area (Å²) in [6.07, 6.45) is 4.33. The summed E-state index contributed by atoms with van der Waals surface area (Å²) in [6, 6.07) is 9.53. The van der Waals surface area contributed by atoms with Crippen molar-refractivity contribution < 1.29 is 22.4 Å². The van der Waals surface area contributed by atoms with E-state index >= 15 is 0 Å². The molecular weight excluding hydrogens is 318 g/mol. The zero-order chi connectivity index (χ0) is 16.7. The number of rotatable bonds is 7. The van der Waals surface area contributed by atoms with Gasteiger partial charge in [-0.05, 0) is 42.8 Å². The third-order valence-electron chi connectivity index (χ3n) is 2.91. The Bertz CT molecular complexity index is 761. The van der Waals surface area contributed by atoms with E-state index in [1.807, 2.05) is 0 Å². The summed E-state index contributed by atoms with van der Waals surface area (Å²) < 4.78 is 36.6. The Morgan fingerprint density at radius 2 is 2.00 bits per heavy atom. The molecular formula is C16H17NO5S. The van der Waals surface area contributed by atoms with Crippen LogP contribution in [-0.4, -0.2) is 21.0 Å². The average molecular weight is 335 g/mol. The highest BCUT2D eigenvalue weighted by atomic mass is 32.2. The number of hydrogen-bond acceptors (Lipinski definition) is 5. The molecule has 0 saturated heterocycles. The van der Waals surface area contributed by atoms with Crippen molar-refractivity contribution in [3.05, 3.63) is 60.1 Å². The van der Waals surface area contributed by atoms with E-state index in [0.29, 0.717) is 17.9 Å². The monoisotopic (exact) mass is 335 g/mol. The van der Waals surface area contributed by atoms with Crippen LogP contribution in [0.25, 0.3) is 6.08 Å². The zero-order valence-corrected chi connectivity index (χ0v) is 13.4. The van der Waals surface area contributed by atoms with Crippen molar-refractivity contribution in [2.45, 2.75) is 18.4 Å². The number of sulfonamides is 1. The average Bonchev–Trinajstić information content (AvgIpc) is 3.05. The molecule has 7 heteroatoms. The number of esters is 1. The Morgan fingerprint density at radius 3 is 2.61 bits per heavy atom. The van der Waals surface area contributed by atoms with Crippen LogP contribution < -0.4 is 4.72 Å². The van der Waals surface area contributed by atoms with E-state index in [0.717, 1.165) is 0 Å². The van der Waals surface area contributed by atoms with Crippen LogP contribution in [0.4, 0.5) is 0 Å². The number of ether oxygens (including phenoxy) is 1. The summed E-state index contributed by atoms with van der Waals surface area (Å²) >= 11 is 0. The highest BCUT2D eigenvalue weighted by molar-refractivity contribution is 7.89. The first-order valence-corrected chi connectivity index (χ1v) is 8.46. The first kappa shape index (κ1) is 17.0. The number of carbonyl (C=O) groups is 1. The van der Waals surface area contributed by atoms with Crippen molar-refractivity contribution in [3.8, 4) is 0 Å². The summed E-state index contributed by atoms with van der Waals surface area (Å²) in [6.45, 7) is 2.11. The van der Waals surface area contributed by atoms with E-state index in [9.17, 15) is 13.2 Å². The van der Waals surface area contributed by atoms with Crippen molar-refractivity contribution >= 4 is 22.1 Å². The standard InChI is InChI=1S/C16H17NO5S/c1-2-21-16(18)10-7-13-5-8-15(9-6-13)23(19,20)17-12-14-4-3-11-22-14/h3-11,17H,2,12H2,1H3/b10-7+. The third kappa shape index (κ3) is 5.08. The first-order chi connectivity index (χ1) is 11.0. The van der Waals surface area contributed by atoms with Crippen LogP contribution >= 0.6 is 0 Å². The van der Waals surface area contributed by atoms with Crippen molar-refractivity contribution in [2.75, 3.05) is 6.61 Å². The summed E-state index contributed by atoms with van der Waals surface area (Å²) in [5.41, 5.74) is 0.697. The van der Waals surface area contributed by atoms with Crippen molar-refractivity contribution in [3.63, 3.8) is 0 Å². The van der Waals surface area contributed by atoms with Crippen LogP contribution in [0, 0.1) is 0 Å². The molecule has 1 heterocycles. The molecule has 0 saturated carbocycles. The summed E-state index contributed by atoms with van der Waals surface area (Å²) in [4.78, 5) is 11.4. The fourth-order valence-corrected chi connectivity index (χ4v) is 2.77. The van der Waals surface area contributed by atoms with Crippen molar-refractivity contribution in [2.24, 2.45) is 0 Å². The Morgan fingerprint density at radius 1 is 1.26 bits per heavy atom. The maximum absolute atomic E-state index is 12.1. The van der Waals surface area contributed by atoms with Crippen LogP contribution in [0.15, 0.2) is 58.1 Å². The Balaban J connectivity index is 2.01. The predicted octanol–water partition coefficient (Wildman–Crippen LogP) is 2.33. The molecule has 0 fully saturated rings. The quantitative estimate of drug-likeness (QED) is 0.620. The van der Waals surface area contributed by atoms with Crippen LogP contribution in [-0.2, 0) is 26.1 Å². The second-order valence-electron chi connectivity index (χ2n) is 4.56. The molecule has 0 aliphatic rings. The van der Waals surface area contributed by atoms with Gasteiger partial charge in [0.2, 0.25) is 10.0 Å². The maximum Gasteiger partial charge on any atom is 0.330 e. The first-order valence-electron chi connectivity index (χ1n) is 6.98. The molecule has 1 aromatic carbocycles. The Kier molecular flexibility index (Phi) is 5.72. The molecule has 122 valence electrons. The molecule has 1 N–H and O–H groups in total. The number of nitrogens with one attached hydrogen (secondary N) is 1. The number of furan rings is 1. The molecule has 2 rings (SSSR count). The minimum absolute atomic E-state index is 0.0832. The molecule has 1 aromatic heterocycles. The minimum Gasteiger partial charge on any atom is -0.468 e. The second kappa shape index (κ2) is 7.75. The fraction of sp³-hybridized carbons (Fsp3) is 0.188. The van der Waals surface area contributed by atoms with Crippen LogP contribution in [0.3, 0.4) is 0 Å². The molecule has 6 nitrogen and oxygen atoms in total. The SMILES string of the molecule is CCOC(=O)/C=C/c1ccc(S(=O)(=O)NCc2ccco2)cc1. The lowest BCUT2D eigenvalue weighted by atomic mass is 10.2. The maximum atomic E-state index is 12.1. The number of carbonyl (C=O) groups excluding carboxylic acids is 1. The zero-order valence-electron chi connectivity index (χ0n) is 12.6. The highest BCUT2D eigenvalue weighted by Crippen LogP contribution is 2.12. The summed E-state index contributed by atoms with van der Waals surface area (Å²) in [7, 11) is -3.62. The van der Waals surface area contributed by atoms with E-state index < -0.39 is 16.0 Å². The molecule has 0 bridgehead atoms. The van der Waals surface area contributed by atoms with Crippen molar-refractivity contribution in [1.82, 2.24) is 4.72 Å². The summed E-state index contributed by atoms with van der Waals surface area (Å²) in [5, 5.41) is 0. The lowest BCUT2D eigenvalue weighted by Crippen LogP contribution is -2.22. The van der Waals surface area contributed by atoms with Crippen LogP contribution in [0.1, 0.15) is 18.2 Å². The molecule has 0 atom stereocenters. The van der Waals surface area contributed by atoms with Gasteiger partial charge in [0.15, 0.2) is 0 Å². The van der Waals surface area contributed by atoms with E-state index in [-0.39, 0.29) is 11.4 Å². The van der Waals surface area contributed by atoms with Gasteiger partial charge in [0.05, 0.1) is 24.3 Å². The van der Waals surface area contributed by atoms with Gasteiger partial charge in [-0.2, -0.15) is 0 Å². The van der Waals surface area contributed by atoms with Gasteiger partial charge in [-0.25, -0.2) is 17.9 Å². The lowest BCUT2D eigenvalue weighted by molar-refractivity contribution is -0.137. The van der Waals surface area contributed by atoms with Gasteiger partial charge >= 0.3 is 5.97 Å². The molecule has 2 aromatic rings. The van der Waals surface area contributed by atoms with Gasteiger partial charge in [0, 0.05) is 6.08 Å². The molecule has 0 amide bonds. The normalized spacial score (nSPS) is 11.7. The van der Waals surface area contributed by atoms with Crippen molar-refractivity contribution in [1.29, 1.82) is 0 Å². The van der Waals surface area contributed by atoms with Gasteiger partial charge in [-0.15, -0.1) is 0 Å². The predicted molar refractivity (Wildman–Crippen MR) is 84.8 cm³/mol. The molecule has 0 unspecified atom stereocenters. The number of benzene rings is 1. The molecule has 0 aliphatic carbocycles.